The van der Waals surface area contributed by atoms with Gasteiger partial charge in [0.2, 0.25) is 5.95 Å². The van der Waals surface area contributed by atoms with Gasteiger partial charge in [-0.2, -0.15) is 0 Å². The van der Waals surface area contributed by atoms with E-state index in [0.29, 0.717) is 49.9 Å². The van der Waals surface area contributed by atoms with Gasteiger partial charge in [-0.05, 0) is 47.5 Å². The summed E-state index contributed by atoms with van der Waals surface area (Å²) in [5, 5.41) is 6.33. The van der Waals surface area contributed by atoms with Gasteiger partial charge in [0.05, 0.1) is 22.5 Å². The molecule has 0 fully saturated rings. The van der Waals surface area contributed by atoms with Crippen LogP contribution in [-0.2, 0) is 13.3 Å². The van der Waals surface area contributed by atoms with Crippen LogP contribution in [0.15, 0.2) is 96.0 Å². The molecule has 9 nitrogen and oxygen atoms in total. The van der Waals surface area contributed by atoms with Crippen molar-refractivity contribution < 1.29 is 18.0 Å². The van der Waals surface area contributed by atoms with Gasteiger partial charge in [0.1, 0.15) is 13.3 Å². The monoisotopic (exact) mass is 595 g/mol. The Morgan fingerprint density at radius 2 is 1.74 bits per heavy atom. The SMILES string of the molecule is Nc1nc(-c2cccc(NC(=O)c3cc(CF)ccc3CF)c2)c(-c2ccnc(Nc3cccc(-c4cnco4)c3)n2)s1. The number of benzene rings is 3. The Labute approximate surface area is 248 Å². The highest BCUT2D eigenvalue weighted by Gasteiger charge is 2.18. The summed E-state index contributed by atoms with van der Waals surface area (Å²) in [6.45, 7) is -1.61. The van der Waals surface area contributed by atoms with E-state index < -0.39 is 19.3 Å². The van der Waals surface area contributed by atoms with Gasteiger partial charge >= 0.3 is 0 Å². The van der Waals surface area contributed by atoms with E-state index >= 15 is 0 Å². The van der Waals surface area contributed by atoms with Crippen molar-refractivity contribution in [2.75, 3.05) is 16.4 Å². The lowest BCUT2D eigenvalue weighted by Crippen LogP contribution is -2.14. The molecule has 6 rings (SSSR count). The number of alkyl halides is 2. The molecule has 3 heterocycles. The first kappa shape index (κ1) is 27.7. The fourth-order valence-electron chi connectivity index (χ4n) is 4.47. The van der Waals surface area contributed by atoms with Crippen molar-refractivity contribution in [1.29, 1.82) is 0 Å². The number of amides is 1. The normalized spacial score (nSPS) is 10.9. The number of thiazole rings is 1. The number of carbonyl (C=O) groups excluding carboxylic acids is 1. The maximum atomic E-state index is 13.5. The number of anilines is 4. The van der Waals surface area contributed by atoms with Crippen molar-refractivity contribution in [2.24, 2.45) is 0 Å². The molecular formula is C31H23F2N7O2S. The number of hydrogen-bond acceptors (Lipinski definition) is 9. The van der Waals surface area contributed by atoms with Crippen molar-refractivity contribution in [1.82, 2.24) is 19.9 Å². The lowest BCUT2D eigenvalue weighted by Gasteiger charge is -2.11. The van der Waals surface area contributed by atoms with Crippen molar-refractivity contribution in [2.45, 2.75) is 13.3 Å². The van der Waals surface area contributed by atoms with Gasteiger partial charge in [0.15, 0.2) is 17.3 Å². The van der Waals surface area contributed by atoms with Gasteiger partial charge in [-0.1, -0.05) is 47.7 Å². The molecule has 0 spiro atoms. The highest BCUT2D eigenvalue weighted by molar-refractivity contribution is 7.19. The van der Waals surface area contributed by atoms with E-state index in [4.69, 9.17) is 15.1 Å². The van der Waals surface area contributed by atoms with Crippen LogP contribution in [0.1, 0.15) is 21.5 Å². The zero-order valence-corrected chi connectivity index (χ0v) is 23.2. The number of nitrogen functional groups attached to an aromatic ring is 1. The summed E-state index contributed by atoms with van der Waals surface area (Å²) in [5.74, 6) is 0.458. The second-order valence-corrected chi connectivity index (χ2v) is 10.4. The Balaban J connectivity index is 1.27. The molecule has 3 aromatic heterocycles. The quantitative estimate of drug-likeness (QED) is 0.157. The van der Waals surface area contributed by atoms with Gasteiger partial charge in [-0.3, -0.25) is 4.79 Å². The van der Waals surface area contributed by atoms with Crippen LogP contribution >= 0.6 is 11.3 Å². The molecule has 0 atom stereocenters. The Bertz CT molecular complexity index is 1910. The molecule has 43 heavy (non-hydrogen) atoms. The summed E-state index contributed by atoms with van der Waals surface area (Å²) in [6, 6.07) is 20.6. The minimum atomic E-state index is -0.848. The first-order valence-corrected chi connectivity index (χ1v) is 13.8. The number of carbonyl (C=O) groups is 1. The van der Waals surface area contributed by atoms with Crippen LogP contribution < -0.4 is 16.4 Å². The maximum Gasteiger partial charge on any atom is 0.256 e. The lowest BCUT2D eigenvalue weighted by molar-refractivity contribution is 0.102. The van der Waals surface area contributed by atoms with Gasteiger partial charge in [-0.25, -0.2) is 28.7 Å². The first-order valence-electron chi connectivity index (χ1n) is 13.0. The first-order chi connectivity index (χ1) is 21.0. The molecule has 1 amide bonds. The molecule has 0 saturated carbocycles. The molecule has 0 aliphatic carbocycles. The molecule has 0 bridgehead atoms. The Hall–Kier alpha value is -5.49. The minimum absolute atomic E-state index is 0.0778. The summed E-state index contributed by atoms with van der Waals surface area (Å²) in [5.41, 5.74) is 10.6. The number of nitrogens with zero attached hydrogens (tertiary/aromatic N) is 4. The number of nitrogens with one attached hydrogen (secondary N) is 2. The molecule has 214 valence electrons. The minimum Gasteiger partial charge on any atom is -0.444 e. The molecule has 0 aliphatic rings. The summed E-state index contributed by atoms with van der Waals surface area (Å²) in [4.78, 5) is 31.3. The van der Waals surface area contributed by atoms with E-state index in [0.717, 1.165) is 11.3 Å². The van der Waals surface area contributed by atoms with Gasteiger partial charge in [0.25, 0.3) is 5.91 Å². The third-order valence-corrected chi connectivity index (χ3v) is 7.39. The van der Waals surface area contributed by atoms with Crippen LogP contribution in [0.5, 0.6) is 0 Å². The van der Waals surface area contributed by atoms with Gasteiger partial charge < -0.3 is 20.8 Å². The van der Waals surface area contributed by atoms with E-state index in [1.807, 2.05) is 30.3 Å². The Morgan fingerprint density at radius 1 is 0.930 bits per heavy atom. The van der Waals surface area contributed by atoms with E-state index in [9.17, 15) is 13.6 Å². The standard InChI is InChI=1S/C31H23F2N7O2S/c32-14-18-7-8-21(15-33)24(11-18)29(41)37-22-5-2-4-20(13-22)27-28(43-30(34)40-27)25-9-10-36-31(39-25)38-23-6-1-3-19(12-23)26-16-35-17-42-26/h1-13,16-17H,14-15H2,(H2,34,40)(H,37,41)(H,36,38,39). The smallest absolute Gasteiger partial charge is 0.256 e. The molecule has 3 aromatic carbocycles. The Kier molecular flexibility index (Phi) is 7.83. The van der Waals surface area contributed by atoms with Gasteiger partial charge in [-0.15, -0.1) is 0 Å². The topological polar surface area (TPSA) is 132 Å². The van der Waals surface area contributed by atoms with Crippen molar-refractivity contribution in [3.8, 4) is 33.2 Å². The molecule has 0 unspecified atom stereocenters. The summed E-state index contributed by atoms with van der Waals surface area (Å²) < 4.78 is 32.1. The van der Waals surface area contributed by atoms with Crippen LogP contribution in [0.4, 0.5) is 31.2 Å². The summed E-state index contributed by atoms with van der Waals surface area (Å²) in [6.07, 6.45) is 4.65. The summed E-state index contributed by atoms with van der Waals surface area (Å²) >= 11 is 1.27. The number of oxazole rings is 1. The predicted octanol–water partition coefficient (Wildman–Crippen LogP) is 7.44. The van der Waals surface area contributed by atoms with Crippen LogP contribution in [-0.4, -0.2) is 25.8 Å². The number of halogens is 2. The van der Waals surface area contributed by atoms with Gasteiger partial charge in [0, 0.05) is 34.3 Å². The second kappa shape index (κ2) is 12.2. The zero-order chi connectivity index (χ0) is 29.8. The van der Waals surface area contributed by atoms with Crippen molar-refractivity contribution >= 4 is 39.7 Å². The van der Waals surface area contributed by atoms with E-state index in [2.05, 4.69) is 25.6 Å². The fourth-order valence-corrected chi connectivity index (χ4v) is 5.29. The predicted molar refractivity (Wildman–Crippen MR) is 162 cm³/mol. The number of nitrogens with two attached hydrogens (primary N) is 1. The maximum absolute atomic E-state index is 13.5. The third-order valence-electron chi connectivity index (χ3n) is 6.48. The van der Waals surface area contributed by atoms with Crippen LogP contribution in [0.2, 0.25) is 0 Å². The van der Waals surface area contributed by atoms with E-state index in [1.54, 1.807) is 36.7 Å². The molecule has 12 heteroatoms. The summed E-state index contributed by atoms with van der Waals surface area (Å²) in [7, 11) is 0. The van der Waals surface area contributed by atoms with E-state index in [-0.39, 0.29) is 11.1 Å². The zero-order valence-electron chi connectivity index (χ0n) is 22.4. The van der Waals surface area contributed by atoms with Crippen LogP contribution in [0.3, 0.4) is 0 Å². The molecule has 6 aromatic rings. The highest BCUT2D eigenvalue weighted by Crippen LogP contribution is 2.38. The van der Waals surface area contributed by atoms with Crippen molar-refractivity contribution in [3.63, 3.8) is 0 Å². The largest absolute Gasteiger partial charge is 0.444 e. The van der Waals surface area contributed by atoms with Crippen molar-refractivity contribution in [3.05, 3.63) is 108 Å². The third kappa shape index (κ3) is 6.09. The highest BCUT2D eigenvalue weighted by atomic mass is 32.1. The second-order valence-electron chi connectivity index (χ2n) is 9.36. The molecule has 0 radical (unpaired) electrons. The lowest BCUT2D eigenvalue weighted by atomic mass is 10.0. The molecule has 0 aliphatic heterocycles. The molecule has 0 saturated heterocycles. The molecular weight excluding hydrogens is 572 g/mol. The number of rotatable bonds is 9. The fraction of sp³-hybridized carbons (Fsp3) is 0.0645. The van der Waals surface area contributed by atoms with E-state index in [1.165, 1.54) is 35.9 Å². The number of aromatic nitrogens is 4. The average molecular weight is 596 g/mol. The Morgan fingerprint density at radius 3 is 2.53 bits per heavy atom. The van der Waals surface area contributed by atoms with Crippen LogP contribution in [0.25, 0.3) is 33.2 Å². The molecule has 4 N–H and O–H groups in total. The average Bonchev–Trinajstić information content (AvgIpc) is 3.72. The van der Waals surface area contributed by atoms with Crippen LogP contribution in [0, 0.1) is 0 Å². The number of hydrogen-bond donors (Lipinski definition) is 3.